The lowest BCUT2D eigenvalue weighted by molar-refractivity contribution is 0.0697. The van der Waals surface area contributed by atoms with Gasteiger partial charge in [-0.1, -0.05) is 24.3 Å². The minimum atomic E-state index is -0.983. The normalized spacial score (nSPS) is 10.3. The van der Waals surface area contributed by atoms with Crippen molar-refractivity contribution in [1.29, 1.82) is 0 Å². The average Bonchev–Trinajstić information content (AvgIpc) is 2.63. The van der Waals surface area contributed by atoms with E-state index in [1.807, 2.05) is 30.3 Å². The monoisotopic (exact) mass is 350 g/mol. The number of methoxy groups -OCH3 is 1. The van der Waals surface area contributed by atoms with Crippen molar-refractivity contribution >= 4 is 29.1 Å². The van der Waals surface area contributed by atoms with Crippen LogP contribution in [0.25, 0.3) is 0 Å². The topological polar surface area (TPSA) is 96.4 Å². The molecule has 2 aromatic carbocycles. The molecule has 1 aromatic heterocycles. The lowest BCUT2D eigenvalue weighted by atomic mass is 10.2. The zero-order valence-electron chi connectivity index (χ0n) is 14.1. The molecule has 0 bridgehead atoms. The second kappa shape index (κ2) is 8.09. The van der Waals surface area contributed by atoms with Crippen molar-refractivity contribution < 1.29 is 14.6 Å². The van der Waals surface area contributed by atoms with Crippen molar-refractivity contribution in [3.05, 3.63) is 71.9 Å². The van der Waals surface area contributed by atoms with Crippen LogP contribution in [-0.2, 0) is 11.3 Å². The van der Waals surface area contributed by atoms with E-state index in [1.165, 1.54) is 6.07 Å². The number of nitrogens with one attached hydrogen (secondary N) is 2. The molecule has 0 spiro atoms. The first-order valence-corrected chi connectivity index (χ1v) is 7.93. The first kappa shape index (κ1) is 17.4. The minimum Gasteiger partial charge on any atom is -0.478 e. The Bertz CT molecular complexity index is 900. The van der Waals surface area contributed by atoms with Gasteiger partial charge in [0.05, 0.1) is 17.9 Å². The van der Waals surface area contributed by atoms with E-state index in [-0.39, 0.29) is 5.56 Å². The molecule has 7 nitrogen and oxygen atoms in total. The van der Waals surface area contributed by atoms with Gasteiger partial charge in [0.15, 0.2) is 0 Å². The zero-order chi connectivity index (χ0) is 18.4. The van der Waals surface area contributed by atoms with E-state index < -0.39 is 5.97 Å². The highest BCUT2D eigenvalue weighted by Gasteiger charge is 2.08. The van der Waals surface area contributed by atoms with Gasteiger partial charge < -0.3 is 20.5 Å². The summed E-state index contributed by atoms with van der Waals surface area (Å²) in [6, 6.07) is 17.9. The van der Waals surface area contributed by atoms with E-state index >= 15 is 0 Å². The number of carbonyl (C=O) groups is 1. The fourth-order valence-corrected chi connectivity index (χ4v) is 2.37. The lowest BCUT2D eigenvalue weighted by Crippen LogP contribution is -2.05. The molecule has 3 N–H and O–H groups in total. The summed E-state index contributed by atoms with van der Waals surface area (Å²) in [5, 5.41) is 15.4. The van der Waals surface area contributed by atoms with Gasteiger partial charge >= 0.3 is 5.97 Å². The molecular formula is C19H18N4O3. The largest absolute Gasteiger partial charge is 0.478 e. The molecule has 0 fully saturated rings. The maximum absolute atomic E-state index is 11.1. The molecule has 0 amide bonds. The van der Waals surface area contributed by atoms with Gasteiger partial charge in [-0.05, 0) is 30.3 Å². The third kappa shape index (κ3) is 4.55. The van der Waals surface area contributed by atoms with E-state index in [9.17, 15) is 4.79 Å². The molecule has 3 aromatic rings. The molecule has 132 valence electrons. The number of aromatic carboxylic acids is 1. The average molecular weight is 350 g/mol. The van der Waals surface area contributed by atoms with E-state index in [2.05, 4.69) is 20.6 Å². The van der Waals surface area contributed by atoms with Crippen molar-refractivity contribution in [2.24, 2.45) is 0 Å². The minimum absolute atomic E-state index is 0.198. The first-order valence-electron chi connectivity index (χ1n) is 7.93. The van der Waals surface area contributed by atoms with Gasteiger partial charge in [0.25, 0.3) is 0 Å². The highest BCUT2D eigenvalue weighted by molar-refractivity contribution is 5.89. The van der Waals surface area contributed by atoms with E-state index in [4.69, 9.17) is 9.84 Å². The van der Waals surface area contributed by atoms with E-state index in [0.717, 1.165) is 5.69 Å². The lowest BCUT2D eigenvalue weighted by Gasteiger charge is -2.11. The Morgan fingerprint density at radius 2 is 1.77 bits per heavy atom. The van der Waals surface area contributed by atoms with Crippen LogP contribution in [0.4, 0.5) is 23.1 Å². The van der Waals surface area contributed by atoms with Gasteiger partial charge in [0.2, 0.25) is 5.95 Å². The van der Waals surface area contributed by atoms with Crippen LogP contribution in [0.15, 0.2) is 60.7 Å². The predicted molar refractivity (Wildman–Crippen MR) is 99.2 cm³/mol. The number of aromatic nitrogens is 2. The van der Waals surface area contributed by atoms with Gasteiger partial charge in [-0.2, -0.15) is 4.98 Å². The highest BCUT2D eigenvalue weighted by Crippen LogP contribution is 2.20. The number of para-hydroxylation sites is 1. The van der Waals surface area contributed by atoms with Crippen LogP contribution < -0.4 is 10.6 Å². The molecule has 3 rings (SSSR count). The van der Waals surface area contributed by atoms with E-state index in [1.54, 1.807) is 31.4 Å². The van der Waals surface area contributed by atoms with Gasteiger partial charge in [0.1, 0.15) is 5.82 Å². The molecule has 0 aliphatic heterocycles. The molecular weight excluding hydrogens is 332 g/mol. The van der Waals surface area contributed by atoms with Crippen molar-refractivity contribution in [2.75, 3.05) is 17.7 Å². The molecule has 0 aliphatic rings. The third-order valence-corrected chi connectivity index (χ3v) is 3.48. The van der Waals surface area contributed by atoms with Crippen molar-refractivity contribution in [2.45, 2.75) is 6.61 Å². The Kier molecular flexibility index (Phi) is 5.40. The molecule has 7 heteroatoms. The van der Waals surface area contributed by atoms with Gasteiger partial charge in [-0.25, -0.2) is 9.78 Å². The quantitative estimate of drug-likeness (QED) is 0.596. The Labute approximate surface area is 150 Å². The third-order valence-electron chi connectivity index (χ3n) is 3.48. The maximum atomic E-state index is 11.1. The van der Waals surface area contributed by atoms with Gasteiger partial charge in [-0.15, -0.1) is 0 Å². The summed E-state index contributed by atoms with van der Waals surface area (Å²) in [4.78, 5) is 20.0. The summed E-state index contributed by atoms with van der Waals surface area (Å²) in [6.07, 6.45) is 0. The molecule has 0 atom stereocenters. The van der Waals surface area contributed by atoms with Crippen LogP contribution in [0, 0.1) is 0 Å². The van der Waals surface area contributed by atoms with Crippen LogP contribution in [0.5, 0.6) is 0 Å². The highest BCUT2D eigenvalue weighted by atomic mass is 16.5. The summed E-state index contributed by atoms with van der Waals surface area (Å²) >= 11 is 0. The smallest absolute Gasteiger partial charge is 0.335 e. The van der Waals surface area contributed by atoms with Crippen LogP contribution in [0.2, 0.25) is 0 Å². The number of rotatable bonds is 7. The Morgan fingerprint density at radius 3 is 2.50 bits per heavy atom. The predicted octanol–water partition coefficient (Wildman–Crippen LogP) is 3.81. The Hall–Kier alpha value is -3.45. The molecule has 26 heavy (non-hydrogen) atoms. The molecule has 0 unspecified atom stereocenters. The Balaban J connectivity index is 1.88. The second-order valence-corrected chi connectivity index (χ2v) is 5.50. The first-order chi connectivity index (χ1) is 12.6. The number of benzene rings is 2. The van der Waals surface area contributed by atoms with Crippen molar-refractivity contribution in [3.8, 4) is 0 Å². The number of nitrogens with zero attached hydrogens (tertiary/aromatic N) is 2. The van der Waals surface area contributed by atoms with Crippen LogP contribution in [0.1, 0.15) is 16.1 Å². The van der Waals surface area contributed by atoms with E-state index in [0.29, 0.717) is 29.8 Å². The molecule has 1 heterocycles. The summed E-state index contributed by atoms with van der Waals surface area (Å²) in [5.41, 5.74) is 2.38. The number of carboxylic acid groups (broad SMARTS) is 1. The molecule has 0 radical (unpaired) electrons. The number of ether oxygens (including phenoxy) is 1. The fraction of sp³-hybridized carbons (Fsp3) is 0.105. The summed E-state index contributed by atoms with van der Waals surface area (Å²) in [7, 11) is 1.59. The summed E-state index contributed by atoms with van der Waals surface area (Å²) in [5.74, 6) is -0.0292. The van der Waals surface area contributed by atoms with Gasteiger partial charge in [0, 0.05) is 24.6 Å². The van der Waals surface area contributed by atoms with Crippen LogP contribution in [0.3, 0.4) is 0 Å². The van der Waals surface area contributed by atoms with Gasteiger partial charge in [-0.3, -0.25) is 0 Å². The standard InChI is InChI=1S/C19H18N4O3/c1-26-12-16-11-17(20-15-9-5-6-13(10-15)18(24)25)23-19(22-16)21-14-7-3-2-4-8-14/h2-11H,12H2,1H3,(H,24,25)(H2,20,21,22,23). The molecule has 0 aliphatic carbocycles. The summed E-state index contributed by atoms with van der Waals surface area (Å²) in [6.45, 7) is 0.329. The maximum Gasteiger partial charge on any atom is 0.335 e. The van der Waals surface area contributed by atoms with Crippen molar-refractivity contribution in [3.63, 3.8) is 0 Å². The molecule has 0 saturated carbocycles. The second-order valence-electron chi connectivity index (χ2n) is 5.50. The van der Waals surface area contributed by atoms with Crippen molar-refractivity contribution in [1.82, 2.24) is 9.97 Å². The van der Waals surface area contributed by atoms with Crippen LogP contribution >= 0.6 is 0 Å². The van der Waals surface area contributed by atoms with Crippen LogP contribution in [-0.4, -0.2) is 28.2 Å². The molecule has 0 saturated heterocycles. The number of hydrogen-bond acceptors (Lipinski definition) is 6. The number of hydrogen-bond donors (Lipinski definition) is 3. The number of carboxylic acids is 1. The fourth-order valence-electron chi connectivity index (χ4n) is 2.37. The number of anilines is 4. The Morgan fingerprint density at radius 1 is 1.00 bits per heavy atom. The zero-order valence-corrected chi connectivity index (χ0v) is 14.1. The SMILES string of the molecule is COCc1cc(Nc2cccc(C(=O)O)c2)nc(Nc2ccccc2)n1. The summed E-state index contributed by atoms with van der Waals surface area (Å²) < 4.78 is 5.17.